The van der Waals surface area contributed by atoms with Crippen molar-refractivity contribution in [2.75, 3.05) is 72.7 Å². The van der Waals surface area contributed by atoms with Crippen molar-refractivity contribution in [2.24, 2.45) is 16.8 Å². The molecule has 164 valence electrons. The number of hydrogen-bond donors (Lipinski definition) is 2. The SMILES string of the molecule is CN=C(NCC1CN(CC(C)C)CCO1)NCC(CC(C)C)N1CCOCC1. The zero-order valence-corrected chi connectivity index (χ0v) is 18.7. The molecule has 2 fully saturated rings. The van der Waals surface area contributed by atoms with E-state index in [1.807, 2.05) is 7.05 Å². The fourth-order valence-electron chi connectivity index (χ4n) is 4.08. The first-order valence-electron chi connectivity index (χ1n) is 11.1. The van der Waals surface area contributed by atoms with Crippen molar-refractivity contribution in [1.29, 1.82) is 0 Å². The van der Waals surface area contributed by atoms with Gasteiger partial charge in [0, 0.05) is 58.9 Å². The number of ether oxygens (including phenoxy) is 2. The summed E-state index contributed by atoms with van der Waals surface area (Å²) in [6, 6.07) is 0.509. The molecular weight excluding hydrogens is 354 g/mol. The van der Waals surface area contributed by atoms with Gasteiger partial charge in [-0.05, 0) is 18.3 Å². The minimum atomic E-state index is 0.219. The lowest BCUT2D eigenvalue weighted by Gasteiger charge is -2.36. The van der Waals surface area contributed by atoms with Crippen LogP contribution in [0, 0.1) is 11.8 Å². The Morgan fingerprint density at radius 2 is 1.79 bits per heavy atom. The lowest BCUT2D eigenvalue weighted by Crippen LogP contribution is -2.53. The van der Waals surface area contributed by atoms with Crippen molar-refractivity contribution >= 4 is 5.96 Å². The second-order valence-corrected chi connectivity index (χ2v) is 8.91. The molecule has 0 aliphatic carbocycles. The Balaban J connectivity index is 1.77. The normalized spacial score (nSPS) is 24.0. The van der Waals surface area contributed by atoms with Crippen LogP contribution in [0.25, 0.3) is 0 Å². The van der Waals surface area contributed by atoms with Gasteiger partial charge in [-0.15, -0.1) is 0 Å². The molecule has 2 heterocycles. The minimum absolute atomic E-state index is 0.219. The Bertz CT molecular complexity index is 452. The van der Waals surface area contributed by atoms with Gasteiger partial charge in [0.15, 0.2) is 5.96 Å². The standard InChI is InChI=1S/C21H43N5O2/c1-17(2)12-19(26-7-9-27-10-8-26)13-23-21(22-5)24-14-20-16-25(6-11-28-20)15-18(3)4/h17-20H,6-16H2,1-5H3,(H2,22,23,24). The Morgan fingerprint density at radius 3 is 2.43 bits per heavy atom. The van der Waals surface area contributed by atoms with E-state index in [0.29, 0.717) is 17.9 Å². The molecule has 2 aliphatic rings. The maximum absolute atomic E-state index is 5.95. The van der Waals surface area contributed by atoms with Gasteiger partial charge in [-0.1, -0.05) is 27.7 Å². The summed E-state index contributed by atoms with van der Waals surface area (Å²) in [5.74, 6) is 2.23. The van der Waals surface area contributed by atoms with Gasteiger partial charge in [-0.3, -0.25) is 14.8 Å². The van der Waals surface area contributed by atoms with Crippen molar-refractivity contribution in [1.82, 2.24) is 20.4 Å². The van der Waals surface area contributed by atoms with E-state index >= 15 is 0 Å². The van der Waals surface area contributed by atoms with E-state index in [-0.39, 0.29) is 6.10 Å². The summed E-state index contributed by atoms with van der Waals surface area (Å²) >= 11 is 0. The van der Waals surface area contributed by atoms with Crippen LogP contribution < -0.4 is 10.6 Å². The molecule has 2 unspecified atom stereocenters. The molecule has 0 aromatic rings. The molecular formula is C21H43N5O2. The molecule has 2 N–H and O–H groups in total. The van der Waals surface area contributed by atoms with Crippen LogP contribution in [-0.4, -0.2) is 101 Å². The number of guanidine groups is 1. The van der Waals surface area contributed by atoms with E-state index < -0.39 is 0 Å². The van der Waals surface area contributed by atoms with Crippen LogP contribution in [0.2, 0.25) is 0 Å². The summed E-state index contributed by atoms with van der Waals surface area (Å²) in [7, 11) is 1.84. The van der Waals surface area contributed by atoms with Gasteiger partial charge in [-0.2, -0.15) is 0 Å². The maximum atomic E-state index is 5.95. The molecule has 28 heavy (non-hydrogen) atoms. The van der Waals surface area contributed by atoms with E-state index in [4.69, 9.17) is 9.47 Å². The number of morpholine rings is 2. The third-order valence-corrected chi connectivity index (χ3v) is 5.38. The van der Waals surface area contributed by atoms with Gasteiger partial charge in [-0.25, -0.2) is 0 Å². The molecule has 7 nitrogen and oxygen atoms in total. The number of hydrogen-bond acceptors (Lipinski definition) is 5. The van der Waals surface area contributed by atoms with Crippen LogP contribution >= 0.6 is 0 Å². The van der Waals surface area contributed by atoms with Crippen LogP contribution in [0.15, 0.2) is 4.99 Å². The minimum Gasteiger partial charge on any atom is -0.379 e. The van der Waals surface area contributed by atoms with Crippen LogP contribution in [0.4, 0.5) is 0 Å². The number of nitrogens with one attached hydrogen (secondary N) is 2. The third-order valence-electron chi connectivity index (χ3n) is 5.38. The Labute approximate surface area is 172 Å². The zero-order chi connectivity index (χ0) is 20.4. The van der Waals surface area contributed by atoms with Gasteiger partial charge in [0.2, 0.25) is 0 Å². The summed E-state index contributed by atoms with van der Waals surface area (Å²) in [6.07, 6.45) is 1.40. The topological polar surface area (TPSA) is 61.4 Å². The summed E-state index contributed by atoms with van der Waals surface area (Å²) in [6.45, 7) is 18.6. The molecule has 0 radical (unpaired) electrons. The van der Waals surface area contributed by atoms with Crippen LogP contribution in [-0.2, 0) is 9.47 Å². The highest BCUT2D eigenvalue weighted by Crippen LogP contribution is 2.13. The third kappa shape index (κ3) is 8.64. The number of rotatable bonds is 9. The van der Waals surface area contributed by atoms with Gasteiger partial charge in [0.25, 0.3) is 0 Å². The van der Waals surface area contributed by atoms with E-state index in [0.717, 1.165) is 71.6 Å². The fourth-order valence-corrected chi connectivity index (χ4v) is 4.08. The van der Waals surface area contributed by atoms with E-state index in [2.05, 4.69) is 53.1 Å². The molecule has 0 saturated carbocycles. The average molecular weight is 398 g/mol. The van der Waals surface area contributed by atoms with Crippen molar-refractivity contribution < 1.29 is 9.47 Å². The van der Waals surface area contributed by atoms with Crippen LogP contribution in [0.3, 0.4) is 0 Å². The Kier molecular flexibility index (Phi) is 10.5. The predicted octanol–water partition coefficient (Wildman–Crippen LogP) is 1.26. The van der Waals surface area contributed by atoms with Gasteiger partial charge < -0.3 is 20.1 Å². The maximum Gasteiger partial charge on any atom is 0.191 e. The number of nitrogens with zero attached hydrogens (tertiary/aromatic N) is 3. The molecule has 7 heteroatoms. The summed E-state index contributed by atoms with van der Waals surface area (Å²) in [4.78, 5) is 9.48. The molecule has 2 atom stereocenters. The highest BCUT2D eigenvalue weighted by atomic mass is 16.5. The molecule has 0 spiro atoms. The molecule has 2 rings (SSSR count). The first-order chi connectivity index (χ1) is 13.5. The predicted molar refractivity (Wildman–Crippen MR) is 116 cm³/mol. The van der Waals surface area contributed by atoms with E-state index in [1.165, 1.54) is 6.42 Å². The molecule has 2 aliphatic heterocycles. The Hall–Kier alpha value is -0.890. The average Bonchev–Trinajstić information content (AvgIpc) is 2.67. The lowest BCUT2D eigenvalue weighted by atomic mass is 10.0. The van der Waals surface area contributed by atoms with Gasteiger partial charge in [0.1, 0.15) is 0 Å². The molecule has 0 bridgehead atoms. The first-order valence-corrected chi connectivity index (χ1v) is 11.1. The van der Waals surface area contributed by atoms with Crippen molar-refractivity contribution in [3.63, 3.8) is 0 Å². The summed E-state index contributed by atoms with van der Waals surface area (Å²) < 4.78 is 11.5. The van der Waals surface area contributed by atoms with Crippen molar-refractivity contribution in [3.8, 4) is 0 Å². The summed E-state index contributed by atoms with van der Waals surface area (Å²) in [5.41, 5.74) is 0. The molecule has 0 aromatic heterocycles. The second kappa shape index (κ2) is 12.6. The monoisotopic (exact) mass is 397 g/mol. The van der Waals surface area contributed by atoms with Gasteiger partial charge >= 0.3 is 0 Å². The highest BCUT2D eigenvalue weighted by Gasteiger charge is 2.23. The molecule has 0 amide bonds. The van der Waals surface area contributed by atoms with Crippen molar-refractivity contribution in [2.45, 2.75) is 46.3 Å². The molecule has 0 aromatic carbocycles. The Morgan fingerprint density at radius 1 is 1.04 bits per heavy atom. The molecule has 2 saturated heterocycles. The van der Waals surface area contributed by atoms with E-state index in [9.17, 15) is 0 Å². The first kappa shape index (κ1) is 23.4. The van der Waals surface area contributed by atoms with Crippen molar-refractivity contribution in [3.05, 3.63) is 0 Å². The highest BCUT2D eigenvalue weighted by molar-refractivity contribution is 5.79. The smallest absolute Gasteiger partial charge is 0.191 e. The zero-order valence-electron chi connectivity index (χ0n) is 18.7. The van der Waals surface area contributed by atoms with Crippen LogP contribution in [0.1, 0.15) is 34.1 Å². The van der Waals surface area contributed by atoms with Crippen LogP contribution in [0.5, 0.6) is 0 Å². The lowest BCUT2D eigenvalue weighted by molar-refractivity contribution is -0.0284. The number of aliphatic imine (C=N–C) groups is 1. The largest absolute Gasteiger partial charge is 0.379 e. The second-order valence-electron chi connectivity index (χ2n) is 8.91. The summed E-state index contributed by atoms with van der Waals surface area (Å²) in [5, 5.41) is 7.01. The van der Waals surface area contributed by atoms with Gasteiger partial charge in [0.05, 0.1) is 25.9 Å². The quantitative estimate of drug-likeness (QED) is 0.451. The fraction of sp³-hybridized carbons (Fsp3) is 0.952. The van der Waals surface area contributed by atoms with E-state index in [1.54, 1.807) is 0 Å².